The van der Waals surface area contributed by atoms with E-state index in [1.165, 1.54) is 12.1 Å². The van der Waals surface area contributed by atoms with Crippen LogP contribution in [0, 0.1) is 5.92 Å². The van der Waals surface area contributed by atoms with E-state index in [-0.39, 0.29) is 32.6 Å². The average Bonchev–Trinajstić information content (AvgIpc) is 3.48. The second-order valence-electron chi connectivity index (χ2n) is 8.30. The van der Waals surface area contributed by atoms with Gasteiger partial charge in [-0.3, -0.25) is 9.69 Å². The van der Waals surface area contributed by atoms with E-state index in [2.05, 4.69) is 28.8 Å². The quantitative estimate of drug-likeness (QED) is 0.570. The van der Waals surface area contributed by atoms with Gasteiger partial charge in [0.25, 0.3) is 5.91 Å². The smallest absolute Gasteiger partial charge is 0.252 e. The Kier molecular flexibility index (Phi) is 8.03. The third-order valence-corrected chi connectivity index (χ3v) is 7.56. The first-order valence-electron chi connectivity index (χ1n) is 10.3. The maximum Gasteiger partial charge on any atom is 0.252 e. The molecule has 2 aliphatic rings. The normalized spacial score (nSPS) is 19.1. The fraction of sp³-hybridized carbons (Fsp3) is 0.650. The molecule has 1 saturated carbocycles. The Balaban J connectivity index is 1.74. The number of nitrogens with zero attached hydrogens (tertiary/aromatic N) is 1. The van der Waals surface area contributed by atoms with Crippen LogP contribution < -0.4 is 10.0 Å². The van der Waals surface area contributed by atoms with Crippen molar-refractivity contribution in [1.82, 2.24) is 14.9 Å². The summed E-state index contributed by atoms with van der Waals surface area (Å²) in [6.07, 6.45) is 2.53. The molecule has 1 aromatic carbocycles. The van der Waals surface area contributed by atoms with Crippen molar-refractivity contribution >= 4 is 39.1 Å². The number of carbonyl (C=O) groups is 1. The SMILES string of the molecule is CC(C)CC(CNC(=O)c1cc(S(=O)(=O)NC2CC2)c(Cl)cc1Cl)N1CCOCC1. The molecule has 1 aromatic rings. The fourth-order valence-electron chi connectivity index (χ4n) is 3.55. The molecule has 3 rings (SSSR count). The van der Waals surface area contributed by atoms with Crippen LogP contribution in [0.25, 0.3) is 0 Å². The molecule has 1 amide bonds. The van der Waals surface area contributed by atoms with Crippen LogP contribution in [0.15, 0.2) is 17.0 Å². The summed E-state index contributed by atoms with van der Waals surface area (Å²) in [6, 6.07) is 2.68. The number of halogens is 2. The molecule has 1 saturated heterocycles. The maximum absolute atomic E-state index is 12.9. The number of carbonyl (C=O) groups excluding carboxylic acids is 1. The van der Waals surface area contributed by atoms with Gasteiger partial charge < -0.3 is 10.1 Å². The molecule has 30 heavy (non-hydrogen) atoms. The number of sulfonamides is 1. The van der Waals surface area contributed by atoms with Gasteiger partial charge in [-0.2, -0.15) is 0 Å². The van der Waals surface area contributed by atoms with Crippen molar-refractivity contribution in [2.45, 2.75) is 50.1 Å². The standard InChI is InChI=1S/C20H29Cl2N3O4S/c1-13(2)9-15(25-5-7-29-8-6-25)12-23-20(26)16-10-19(18(22)11-17(16)21)30(27,28)24-14-3-4-14/h10-11,13-15,24H,3-9,12H2,1-2H3,(H,23,26). The summed E-state index contributed by atoms with van der Waals surface area (Å²) in [5, 5.41) is 3.05. The summed E-state index contributed by atoms with van der Waals surface area (Å²) in [5.74, 6) is 0.0562. The van der Waals surface area contributed by atoms with Crippen LogP contribution in [-0.2, 0) is 14.8 Å². The number of amides is 1. The molecule has 7 nitrogen and oxygen atoms in total. The van der Waals surface area contributed by atoms with Gasteiger partial charge in [-0.1, -0.05) is 37.0 Å². The molecule has 1 heterocycles. The monoisotopic (exact) mass is 477 g/mol. The van der Waals surface area contributed by atoms with Crippen molar-refractivity contribution < 1.29 is 17.9 Å². The lowest BCUT2D eigenvalue weighted by Crippen LogP contribution is -2.49. The van der Waals surface area contributed by atoms with Crippen molar-refractivity contribution in [3.8, 4) is 0 Å². The van der Waals surface area contributed by atoms with Gasteiger partial charge >= 0.3 is 0 Å². The van der Waals surface area contributed by atoms with Crippen molar-refractivity contribution in [2.75, 3.05) is 32.8 Å². The first-order chi connectivity index (χ1) is 14.2. The predicted molar refractivity (Wildman–Crippen MR) is 118 cm³/mol. The predicted octanol–water partition coefficient (Wildman–Crippen LogP) is 2.91. The molecule has 1 aliphatic heterocycles. The molecule has 0 bridgehead atoms. The Labute approximate surface area is 188 Å². The highest BCUT2D eigenvalue weighted by atomic mass is 35.5. The number of benzene rings is 1. The van der Waals surface area contributed by atoms with Gasteiger partial charge in [0.1, 0.15) is 4.90 Å². The van der Waals surface area contributed by atoms with E-state index in [9.17, 15) is 13.2 Å². The van der Waals surface area contributed by atoms with Crippen LogP contribution in [0.2, 0.25) is 10.0 Å². The zero-order chi connectivity index (χ0) is 21.9. The molecular weight excluding hydrogens is 449 g/mol. The molecule has 0 radical (unpaired) electrons. The molecule has 0 aromatic heterocycles. The molecule has 2 N–H and O–H groups in total. The summed E-state index contributed by atoms with van der Waals surface area (Å²) >= 11 is 12.4. The summed E-state index contributed by atoms with van der Waals surface area (Å²) < 4.78 is 33.2. The summed E-state index contributed by atoms with van der Waals surface area (Å²) in [6.45, 7) is 7.75. The molecule has 2 fully saturated rings. The third-order valence-electron chi connectivity index (χ3n) is 5.26. The number of rotatable bonds is 9. The Morgan fingerprint density at radius 2 is 1.87 bits per heavy atom. The molecular formula is C20H29Cl2N3O4S. The lowest BCUT2D eigenvalue weighted by molar-refractivity contribution is 0.0124. The Bertz CT molecular complexity index is 869. The lowest BCUT2D eigenvalue weighted by atomic mass is 10.0. The van der Waals surface area contributed by atoms with Gasteiger partial charge in [0.15, 0.2) is 0 Å². The molecule has 1 unspecified atom stereocenters. The topological polar surface area (TPSA) is 87.7 Å². The van der Waals surface area contributed by atoms with Gasteiger partial charge in [-0.05, 0) is 37.3 Å². The fourth-order valence-corrected chi connectivity index (χ4v) is 5.71. The van der Waals surface area contributed by atoms with Gasteiger partial charge in [-0.15, -0.1) is 0 Å². The number of hydrogen-bond acceptors (Lipinski definition) is 5. The van der Waals surface area contributed by atoms with E-state index in [1.807, 2.05) is 0 Å². The molecule has 0 spiro atoms. The Morgan fingerprint density at radius 1 is 1.20 bits per heavy atom. The van der Waals surface area contributed by atoms with Crippen LogP contribution >= 0.6 is 23.2 Å². The van der Waals surface area contributed by atoms with Crippen molar-refractivity contribution in [3.63, 3.8) is 0 Å². The van der Waals surface area contributed by atoms with E-state index in [4.69, 9.17) is 27.9 Å². The zero-order valence-corrected chi connectivity index (χ0v) is 19.6. The van der Waals surface area contributed by atoms with E-state index in [0.717, 1.165) is 32.4 Å². The molecule has 1 aliphatic carbocycles. The van der Waals surface area contributed by atoms with E-state index in [1.54, 1.807) is 0 Å². The minimum absolute atomic E-state index is 0.00398. The van der Waals surface area contributed by atoms with Crippen molar-refractivity contribution in [1.29, 1.82) is 0 Å². The lowest BCUT2D eigenvalue weighted by Gasteiger charge is -2.35. The number of ether oxygens (including phenoxy) is 1. The Morgan fingerprint density at radius 3 is 2.47 bits per heavy atom. The molecule has 10 heteroatoms. The van der Waals surface area contributed by atoms with Crippen LogP contribution in [0.3, 0.4) is 0 Å². The van der Waals surface area contributed by atoms with Gasteiger partial charge in [0.05, 0.1) is 28.8 Å². The minimum atomic E-state index is -3.81. The second-order valence-corrected chi connectivity index (χ2v) is 10.8. The highest BCUT2D eigenvalue weighted by Crippen LogP contribution is 2.30. The molecule has 1 atom stereocenters. The largest absolute Gasteiger partial charge is 0.379 e. The van der Waals surface area contributed by atoms with Crippen LogP contribution in [0.1, 0.15) is 43.5 Å². The average molecular weight is 478 g/mol. The number of hydrogen-bond donors (Lipinski definition) is 2. The first kappa shape index (κ1) is 23.8. The van der Waals surface area contributed by atoms with Crippen LogP contribution in [0.4, 0.5) is 0 Å². The maximum atomic E-state index is 12.9. The summed E-state index contributed by atoms with van der Waals surface area (Å²) in [4.78, 5) is 15.1. The number of nitrogens with one attached hydrogen (secondary N) is 2. The highest BCUT2D eigenvalue weighted by molar-refractivity contribution is 7.89. The zero-order valence-electron chi connectivity index (χ0n) is 17.3. The van der Waals surface area contributed by atoms with Crippen LogP contribution in [0.5, 0.6) is 0 Å². The molecule has 168 valence electrons. The van der Waals surface area contributed by atoms with Crippen LogP contribution in [-0.4, -0.2) is 64.2 Å². The van der Waals surface area contributed by atoms with Crippen molar-refractivity contribution in [2.24, 2.45) is 5.92 Å². The third kappa shape index (κ3) is 6.31. The van der Waals surface area contributed by atoms with E-state index in [0.29, 0.717) is 25.7 Å². The van der Waals surface area contributed by atoms with Gasteiger partial charge in [0, 0.05) is 31.7 Å². The minimum Gasteiger partial charge on any atom is -0.379 e. The number of morpholine rings is 1. The first-order valence-corrected chi connectivity index (χ1v) is 12.5. The van der Waals surface area contributed by atoms with E-state index < -0.39 is 15.9 Å². The summed E-state index contributed by atoms with van der Waals surface area (Å²) in [5.41, 5.74) is 0.0995. The summed E-state index contributed by atoms with van der Waals surface area (Å²) in [7, 11) is -3.81. The van der Waals surface area contributed by atoms with Gasteiger partial charge in [0.2, 0.25) is 10.0 Å². The highest BCUT2D eigenvalue weighted by Gasteiger charge is 2.30. The van der Waals surface area contributed by atoms with Crippen molar-refractivity contribution in [3.05, 3.63) is 27.7 Å². The second kappa shape index (κ2) is 10.1. The Hall–Kier alpha value is -0.900. The van der Waals surface area contributed by atoms with E-state index >= 15 is 0 Å². The van der Waals surface area contributed by atoms with Gasteiger partial charge in [-0.25, -0.2) is 13.1 Å².